The smallest absolute Gasteiger partial charge is 0.130 e. The largest absolute Gasteiger partial charge is 0.405 e. The summed E-state index contributed by atoms with van der Waals surface area (Å²) < 4.78 is 5.40. The molecule has 1 aromatic carbocycles. The zero-order valence-electron chi connectivity index (χ0n) is 14.2. The second-order valence-electron chi connectivity index (χ2n) is 5.43. The lowest BCUT2D eigenvalue weighted by Gasteiger charge is -2.29. The molecule has 0 spiro atoms. The van der Waals surface area contributed by atoms with Gasteiger partial charge < -0.3 is 26.1 Å². The summed E-state index contributed by atoms with van der Waals surface area (Å²) in [7, 11) is 1.89. The molecule has 6 heteroatoms. The minimum absolute atomic E-state index is 0.668. The summed E-state index contributed by atoms with van der Waals surface area (Å²) in [5, 5.41) is 10.6. The van der Waals surface area contributed by atoms with Gasteiger partial charge in [0, 0.05) is 37.6 Å². The number of rotatable bonds is 6. The van der Waals surface area contributed by atoms with E-state index in [1.54, 1.807) is 12.2 Å². The molecule has 0 aromatic heterocycles. The number of allylic oxidation sites excluding steroid dienone is 2. The lowest BCUT2D eigenvalue weighted by Crippen LogP contribution is -2.35. The minimum atomic E-state index is 0.668. The number of nitrogens with one attached hydrogen (secondary N) is 2. The van der Waals surface area contributed by atoms with Gasteiger partial charge in [0.2, 0.25) is 0 Å². The summed E-state index contributed by atoms with van der Waals surface area (Å²) in [6.07, 6.45) is 6.24. The molecule has 0 radical (unpaired) electrons. The van der Waals surface area contributed by atoms with E-state index < -0.39 is 0 Å². The molecule has 6 nitrogen and oxygen atoms in total. The molecule has 0 unspecified atom stereocenters. The molecule has 0 atom stereocenters. The highest BCUT2D eigenvalue weighted by atomic mass is 16.5. The van der Waals surface area contributed by atoms with Crippen molar-refractivity contribution in [2.45, 2.75) is 6.92 Å². The number of hydrogen-bond donors (Lipinski definition) is 3. The number of hydrogen-bond acceptors (Lipinski definition) is 6. The van der Waals surface area contributed by atoms with Crippen molar-refractivity contribution in [2.24, 2.45) is 10.7 Å². The van der Waals surface area contributed by atoms with E-state index in [1.807, 2.05) is 20.0 Å². The van der Waals surface area contributed by atoms with Crippen LogP contribution in [0.15, 0.2) is 47.4 Å². The average Bonchev–Trinajstić information content (AvgIpc) is 2.62. The van der Waals surface area contributed by atoms with Crippen molar-refractivity contribution in [3.63, 3.8) is 0 Å². The highest BCUT2D eigenvalue weighted by molar-refractivity contribution is 6.10. The molecule has 0 aliphatic carbocycles. The number of benzene rings is 1. The number of ether oxygens (including phenoxy) is 1. The first-order chi connectivity index (χ1) is 11.7. The molecule has 1 fully saturated rings. The fourth-order valence-electron chi connectivity index (χ4n) is 2.54. The molecule has 4 N–H and O–H groups in total. The molecule has 1 saturated heterocycles. The zero-order chi connectivity index (χ0) is 17.4. The molecular formula is C18H25N5O. The Kier molecular flexibility index (Phi) is 6.57. The average molecular weight is 327 g/mol. The first-order valence-electron chi connectivity index (χ1n) is 7.98. The van der Waals surface area contributed by atoms with Crippen molar-refractivity contribution in [2.75, 3.05) is 38.7 Å². The Balaban J connectivity index is 2.45. The van der Waals surface area contributed by atoms with Gasteiger partial charge in [-0.15, -0.1) is 0 Å². The Bertz CT molecular complexity index is 657. The maximum Gasteiger partial charge on any atom is 0.130 e. The number of nitrogens with zero attached hydrogens (tertiary/aromatic N) is 2. The van der Waals surface area contributed by atoms with Crippen molar-refractivity contribution in [1.82, 2.24) is 4.90 Å². The molecule has 1 heterocycles. The van der Waals surface area contributed by atoms with Crippen LogP contribution in [0.1, 0.15) is 11.1 Å². The van der Waals surface area contributed by atoms with Gasteiger partial charge in [-0.1, -0.05) is 6.07 Å². The van der Waals surface area contributed by atoms with Crippen molar-refractivity contribution in [1.29, 1.82) is 5.41 Å². The number of anilines is 1. The topological polar surface area (TPSA) is 86.7 Å². The quantitative estimate of drug-likeness (QED) is 0.699. The predicted molar refractivity (Wildman–Crippen MR) is 99.8 cm³/mol. The SMILES string of the molecule is CNc1ccc(C)c(C(/C=C\N)=N/C(=C/C=N)N2CCOCC2)c1. The highest BCUT2D eigenvalue weighted by Gasteiger charge is 2.14. The van der Waals surface area contributed by atoms with Crippen LogP contribution in [0.5, 0.6) is 0 Å². The van der Waals surface area contributed by atoms with Crippen LogP contribution in [-0.4, -0.2) is 50.2 Å². The van der Waals surface area contributed by atoms with E-state index in [0.29, 0.717) is 13.2 Å². The summed E-state index contributed by atoms with van der Waals surface area (Å²) in [5.74, 6) is 0.746. The molecule has 0 bridgehead atoms. The Labute approximate surface area is 143 Å². The first kappa shape index (κ1) is 17.7. The van der Waals surface area contributed by atoms with Crippen molar-refractivity contribution >= 4 is 17.6 Å². The Morgan fingerprint density at radius 2 is 2.12 bits per heavy atom. The second kappa shape index (κ2) is 8.88. The maximum atomic E-state index is 7.43. The summed E-state index contributed by atoms with van der Waals surface area (Å²) in [6.45, 7) is 4.91. The standard InChI is InChI=1S/C18H25N5O/c1-14-3-4-15(21-2)13-16(14)17(5-7-19)22-18(6-8-20)23-9-11-24-12-10-23/h3-8,13,20-21H,9-12,19H2,1-2H3/b7-5-,18-6-,20-8?,22-17+. The van der Waals surface area contributed by atoms with Gasteiger partial charge in [-0.25, -0.2) is 4.99 Å². The first-order valence-corrected chi connectivity index (χ1v) is 7.98. The predicted octanol–water partition coefficient (Wildman–Crippen LogP) is 2.12. The summed E-state index contributed by atoms with van der Waals surface area (Å²) in [4.78, 5) is 6.91. The van der Waals surface area contributed by atoms with Crippen molar-refractivity contribution in [3.8, 4) is 0 Å². The highest BCUT2D eigenvalue weighted by Crippen LogP contribution is 2.19. The van der Waals surface area contributed by atoms with E-state index in [1.165, 1.54) is 12.4 Å². The minimum Gasteiger partial charge on any atom is -0.405 e. The normalized spacial score (nSPS) is 16.5. The van der Waals surface area contributed by atoms with Crippen molar-refractivity contribution < 1.29 is 4.74 Å². The van der Waals surface area contributed by atoms with Gasteiger partial charge in [0.25, 0.3) is 0 Å². The number of nitrogens with two attached hydrogens (primary N) is 1. The molecule has 0 saturated carbocycles. The van der Waals surface area contributed by atoms with Gasteiger partial charge >= 0.3 is 0 Å². The number of morpholine rings is 1. The molecule has 128 valence electrons. The van der Waals surface area contributed by atoms with Gasteiger partial charge in [0.05, 0.1) is 18.9 Å². The fraction of sp³-hybridized carbons (Fsp3) is 0.333. The van der Waals surface area contributed by atoms with Crippen LogP contribution >= 0.6 is 0 Å². The van der Waals surface area contributed by atoms with Crippen LogP contribution in [-0.2, 0) is 4.74 Å². The van der Waals surface area contributed by atoms with E-state index in [9.17, 15) is 0 Å². The van der Waals surface area contributed by atoms with E-state index in [0.717, 1.165) is 41.4 Å². The third-order valence-corrected chi connectivity index (χ3v) is 3.86. The molecule has 0 amide bonds. The lowest BCUT2D eigenvalue weighted by atomic mass is 10.0. The van der Waals surface area contributed by atoms with E-state index in [4.69, 9.17) is 20.9 Å². The van der Waals surface area contributed by atoms with Gasteiger partial charge in [-0.3, -0.25) is 0 Å². The fourth-order valence-corrected chi connectivity index (χ4v) is 2.54. The summed E-state index contributed by atoms with van der Waals surface area (Å²) >= 11 is 0. The lowest BCUT2D eigenvalue weighted by molar-refractivity contribution is 0.0533. The van der Waals surface area contributed by atoms with Crippen molar-refractivity contribution in [3.05, 3.63) is 53.5 Å². The van der Waals surface area contributed by atoms with Crippen LogP contribution in [0, 0.1) is 12.3 Å². The number of aryl methyl sites for hydroxylation is 1. The van der Waals surface area contributed by atoms with E-state index in [-0.39, 0.29) is 0 Å². The van der Waals surface area contributed by atoms with Gasteiger partial charge in [-0.2, -0.15) is 0 Å². The van der Waals surface area contributed by atoms with E-state index in [2.05, 4.69) is 22.3 Å². The second-order valence-corrected chi connectivity index (χ2v) is 5.43. The molecular weight excluding hydrogens is 302 g/mol. The van der Waals surface area contributed by atoms with Crippen LogP contribution in [0.4, 0.5) is 5.69 Å². The molecule has 1 aromatic rings. The van der Waals surface area contributed by atoms with Crippen LogP contribution in [0.3, 0.4) is 0 Å². The molecule has 1 aliphatic rings. The third-order valence-electron chi connectivity index (χ3n) is 3.86. The Morgan fingerprint density at radius 3 is 2.75 bits per heavy atom. The summed E-state index contributed by atoms with van der Waals surface area (Å²) in [6, 6.07) is 6.13. The van der Waals surface area contributed by atoms with Crippen LogP contribution in [0.2, 0.25) is 0 Å². The molecule has 24 heavy (non-hydrogen) atoms. The Morgan fingerprint density at radius 1 is 1.38 bits per heavy atom. The zero-order valence-corrected chi connectivity index (χ0v) is 14.2. The molecule has 1 aliphatic heterocycles. The maximum absolute atomic E-state index is 7.43. The molecule has 2 rings (SSSR count). The number of aliphatic imine (C=N–C) groups is 1. The van der Waals surface area contributed by atoms with Gasteiger partial charge in [-0.05, 0) is 43.0 Å². The van der Waals surface area contributed by atoms with E-state index >= 15 is 0 Å². The Hall–Kier alpha value is -2.60. The van der Waals surface area contributed by atoms with Crippen LogP contribution < -0.4 is 11.1 Å². The van der Waals surface area contributed by atoms with Gasteiger partial charge in [0.1, 0.15) is 5.82 Å². The monoisotopic (exact) mass is 327 g/mol. The van der Waals surface area contributed by atoms with Gasteiger partial charge in [0.15, 0.2) is 0 Å². The van der Waals surface area contributed by atoms with Crippen LogP contribution in [0.25, 0.3) is 0 Å². The third kappa shape index (κ3) is 4.45. The summed E-state index contributed by atoms with van der Waals surface area (Å²) in [5.41, 5.74) is 9.54.